The number of halogens is 2. The van der Waals surface area contributed by atoms with E-state index in [1.54, 1.807) is 42.5 Å². The van der Waals surface area contributed by atoms with Gasteiger partial charge in [0.2, 0.25) is 0 Å². The molecule has 0 bridgehead atoms. The van der Waals surface area contributed by atoms with E-state index in [0.717, 1.165) is 0 Å². The first-order valence-corrected chi connectivity index (χ1v) is 6.73. The van der Waals surface area contributed by atoms with E-state index in [2.05, 4.69) is 20.9 Å². The summed E-state index contributed by atoms with van der Waals surface area (Å²) < 4.78 is -1.46. The molecule has 0 fully saturated rings. The van der Waals surface area contributed by atoms with Crippen LogP contribution in [0.2, 0.25) is 5.15 Å². The van der Waals surface area contributed by atoms with Crippen LogP contribution in [0.25, 0.3) is 0 Å². The lowest BCUT2D eigenvalue weighted by Gasteiger charge is -2.17. The molecule has 0 radical (unpaired) electrons. The highest BCUT2D eigenvalue weighted by atomic mass is 79.9. The average Bonchev–Trinajstić information content (AvgIpc) is 2.63. The fraction of sp³-hybridized carbons (Fsp3) is 0.0714. The van der Waals surface area contributed by atoms with Crippen molar-refractivity contribution in [2.24, 2.45) is 0 Å². The molecular weight excluding hydrogens is 330 g/mol. The summed E-state index contributed by atoms with van der Waals surface area (Å²) in [6.45, 7) is 0. The number of carbonyl (C=O) groups excluding carboxylic acids is 2. The third-order valence-corrected chi connectivity index (χ3v) is 4.45. The Labute approximate surface area is 122 Å². The van der Waals surface area contributed by atoms with Crippen molar-refractivity contribution in [3.63, 3.8) is 0 Å². The zero-order valence-electron chi connectivity index (χ0n) is 9.56. The Morgan fingerprint density at radius 2 is 1.53 bits per heavy atom. The van der Waals surface area contributed by atoms with Crippen LogP contribution < -0.4 is 0 Å². The van der Waals surface area contributed by atoms with E-state index >= 15 is 0 Å². The first-order valence-electron chi connectivity index (χ1n) is 5.55. The predicted molar refractivity (Wildman–Crippen MR) is 75.0 cm³/mol. The predicted octanol–water partition coefficient (Wildman–Crippen LogP) is 3.40. The minimum Gasteiger partial charge on any atom is -0.292 e. The van der Waals surface area contributed by atoms with Crippen LogP contribution in [0.4, 0.5) is 0 Å². The van der Waals surface area contributed by atoms with Gasteiger partial charge >= 0.3 is 0 Å². The van der Waals surface area contributed by atoms with Crippen LogP contribution in [0, 0.1) is 0 Å². The van der Waals surface area contributed by atoms with Crippen molar-refractivity contribution < 1.29 is 9.59 Å². The smallest absolute Gasteiger partial charge is 0.194 e. The second kappa shape index (κ2) is 4.25. The molecule has 1 aliphatic rings. The molecule has 5 heteroatoms. The third-order valence-electron chi connectivity index (χ3n) is 3.11. The highest BCUT2D eigenvalue weighted by Gasteiger charge is 2.53. The second-order valence-electron chi connectivity index (χ2n) is 4.21. The van der Waals surface area contributed by atoms with Gasteiger partial charge in [0.1, 0.15) is 5.15 Å². The molecule has 3 nitrogen and oxygen atoms in total. The fourth-order valence-corrected chi connectivity index (χ4v) is 3.00. The quantitative estimate of drug-likeness (QED) is 0.455. The number of alkyl halides is 1. The molecule has 0 aliphatic heterocycles. The van der Waals surface area contributed by atoms with Crippen molar-refractivity contribution in [2.45, 2.75) is 4.32 Å². The number of hydrogen-bond acceptors (Lipinski definition) is 3. The van der Waals surface area contributed by atoms with Gasteiger partial charge in [-0.2, -0.15) is 0 Å². The molecule has 1 aliphatic carbocycles. The van der Waals surface area contributed by atoms with Crippen LogP contribution in [0.3, 0.4) is 0 Å². The first-order chi connectivity index (χ1) is 9.05. The summed E-state index contributed by atoms with van der Waals surface area (Å²) in [6.07, 6.45) is 0. The lowest BCUT2D eigenvalue weighted by atomic mass is 9.99. The maximum absolute atomic E-state index is 12.5. The summed E-state index contributed by atoms with van der Waals surface area (Å²) in [5.74, 6) is -0.606. The molecule has 2 aromatic rings. The Balaban J connectivity index is 2.23. The molecule has 94 valence electrons. The van der Waals surface area contributed by atoms with Gasteiger partial charge in [0.25, 0.3) is 0 Å². The van der Waals surface area contributed by atoms with Gasteiger partial charge in [0, 0.05) is 11.1 Å². The Morgan fingerprint density at radius 1 is 0.947 bits per heavy atom. The number of hydrogen-bond donors (Lipinski definition) is 0. The number of fused-ring (bicyclic) bond motifs is 1. The van der Waals surface area contributed by atoms with Gasteiger partial charge < -0.3 is 0 Å². The molecule has 3 rings (SSSR count). The van der Waals surface area contributed by atoms with E-state index in [0.29, 0.717) is 16.8 Å². The maximum Gasteiger partial charge on any atom is 0.194 e. The monoisotopic (exact) mass is 335 g/mol. The third kappa shape index (κ3) is 1.67. The van der Waals surface area contributed by atoms with Crippen LogP contribution >= 0.6 is 27.5 Å². The molecule has 0 N–H and O–H groups in total. The van der Waals surface area contributed by atoms with Crippen molar-refractivity contribution in [1.82, 2.24) is 4.98 Å². The number of nitrogens with zero attached hydrogens (tertiary/aromatic N) is 1. The Bertz CT molecular complexity index is 679. The molecular formula is C14H7BrClNO2. The molecule has 0 spiro atoms. The molecule has 1 aromatic heterocycles. The van der Waals surface area contributed by atoms with Crippen LogP contribution in [-0.2, 0) is 4.32 Å². The van der Waals surface area contributed by atoms with Gasteiger partial charge in [-0.1, -0.05) is 57.9 Å². The Kier molecular flexibility index (Phi) is 2.80. The van der Waals surface area contributed by atoms with Crippen molar-refractivity contribution in [2.75, 3.05) is 0 Å². The van der Waals surface area contributed by atoms with Crippen molar-refractivity contribution in [3.8, 4) is 0 Å². The number of carbonyl (C=O) groups is 2. The van der Waals surface area contributed by atoms with Crippen LogP contribution in [-0.4, -0.2) is 16.6 Å². The topological polar surface area (TPSA) is 47.0 Å². The van der Waals surface area contributed by atoms with Crippen molar-refractivity contribution in [1.29, 1.82) is 0 Å². The van der Waals surface area contributed by atoms with E-state index in [1.165, 1.54) is 0 Å². The Hall–Kier alpha value is -1.52. The van der Waals surface area contributed by atoms with Crippen LogP contribution in [0.1, 0.15) is 26.4 Å². The van der Waals surface area contributed by atoms with Gasteiger partial charge in [0.05, 0.1) is 5.69 Å². The lowest BCUT2D eigenvalue weighted by Crippen LogP contribution is -2.32. The Morgan fingerprint density at radius 3 is 2.05 bits per heavy atom. The summed E-state index contributed by atoms with van der Waals surface area (Å²) in [7, 11) is 0. The molecule has 0 unspecified atom stereocenters. The van der Waals surface area contributed by atoms with Gasteiger partial charge in [-0.15, -0.1) is 0 Å². The molecule has 1 heterocycles. The van der Waals surface area contributed by atoms with E-state index in [1.807, 2.05) is 0 Å². The average molecular weight is 337 g/mol. The molecule has 19 heavy (non-hydrogen) atoms. The zero-order valence-corrected chi connectivity index (χ0v) is 11.9. The molecule has 1 aromatic carbocycles. The fourth-order valence-electron chi connectivity index (χ4n) is 2.19. The first kappa shape index (κ1) is 12.5. The largest absolute Gasteiger partial charge is 0.292 e. The number of aromatic nitrogens is 1. The standard InChI is InChI=1S/C14H7BrClNO2/c15-14(10-6-3-7-11(16)17-10)12(18)8-4-1-2-5-9(8)13(14)19/h1-7H. The number of pyridine rings is 1. The highest BCUT2D eigenvalue weighted by molar-refractivity contribution is 9.10. The van der Waals surface area contributed by atoms with Crippen LogP contribution in [0.5, 0.6) is 0 Å². The second-order valence-corrected chi connectivity index (χ2v) is 5.78. The summed E-state index contributed by atoms with van der Waals surface area (Å²) in [6, 6.07) is 11.6. The van der Waals surface area contributed by atoms with Crippen LogP contribution in [0.15, 0.2) is 42.5 Å². The lowest BCUT2D eigenvalue weighted by molar-refractivity contribution is 0.0869. The highest BCUT2D eigenvalue weighted by Crippen LogP contribution is 2.43. The SMILES string of the molecule is O=C1c2ccccc2C(=O)C1(Br)c1cccc(Cl)n1. The molecule has 0 amide bonds. The number of benzene rings is 1. The molecule has 0 saturated carbocycles. The normalized spacial score (nSPS) is 16.5. The number of rotatable bonds is 1. The number of ketones is 2. The van der Waals surface area contributed by atoms with Crippen molar-refractivity contribution >= 4 is 39.1 Å². The minimum absolute atomic E-state index is 0.243. The summed E-state index contributed by atoms with van der Waals surface area (Å²) in [5, 5.41) is 0.243. The summed E-state index contributed by atoms with van der Waals surface area (Å²) in [4.78, 5) is 29.1. The van der Waals surface area contributed by atoms with E-state index in [4.69, 9.17) is 11.6 Å². The van der Waals surface area contributed by atoms with E-state index in [9.17, 15) is 9.59 Å². The van der Waals surface area contributed by atoms with E-state index < -0.39 is 4.32 Å². The summed E-state index contributed by atoms with van der Waals surface area (Å²) in [5.41, 5.74) is 1.13. The van der Waals surface area contributed by atoms with Gasteiger partial charge in [0.15, 0.2) is 15.9 Å². The van der Waals surface area contributed by atoms with Gasteiger partial charge in [-0.3, -0.25) is 9.59 Å². The summed E-state index contributed by atoms with van der Waals surface area (Å²) >= 11 is 9.12. The zero-order chi connectivity index (χ0) is 13.6. The van der Waals surface area contributed by atoms with Gasteiger partial charge in [-0.05, 0) is 12.1 Å². The maximum atomic E-state index is 12.5. The van der Waals surface area contributed by atoms with Crippen molar-refractivity contribution in [3.05, 3.63) is 64.4 Å². The number of Topliss-reactive ketones (excluding diaryl/α,β-unsaturated/α-hetero) is 2. The van der Waals surface area contributed by atoms with Gasteiger partial charge in [-0.25, -0.2) is 4.98 Å². The molecule has 0 atom stereocenters. The van der Waals surface area contributed by atoms with E-state index in [-0.39, 0.29) is 16.7 Å². The molecule has 0 saturated heterocycles. The minimum atomic E-state index is -1.46.